The summed E-state index contributed by atoms with van der Waals surface area (Å²) in [5.74, 6) is -0.0670. The SMILES string of the molecule is Cn1c(=O)[nH]c(=O)n(-c2cc(Cl)c(Oc3ccc([S+]([O-])C(F)(F)F)cc3)c(Cl)c2)c1=O. The fourth-order valence-electron chi connectivity index (χ4n) is 2.44. The standard InChI is InChI=1S/C17H10Cl2F3N3O5S/c1-24-14(26)23-15(27)25(16(24)28)8-6-11(18)13(12(19)7-8)30-9-2-4-10(5-3-9)31(29)17(20,21)22/h2-7H,1H3,(H,23,26,27). The lowest BCUT2D eigenvalue weighted by Gasteiger charge is -2.14. The number of halogens is 5. The molecule has 1 N–H and O–H groups in total. The topological polar surface area (TPSA) is 109 Å². The molecule has 0 saturated heterocycles. The van der Waals surface area contributed by atoms with Crippen molar-refractivity contribution in [2.24, 2.45) is 7.05 Å². The Balaban J connectivity index is 1.96. The zero-order valence-electron chi connectivity index (χ0n) is 15.2. The summed E-state index contributed by atoms with van der Waals surface area (Å²) in [6, 6.07) is 6.58. The molecule has 0 aliphatic carbocycles. The lowest BCUT2D eigenvalue weighted by atomic mass is 10.3. The van der Waals surface area contributed by atoms with Crippen LogP contribution >= 0.6 is 23.2 Å². The zero-order valence-corrected chi connectivity index (χ0v) is 17.5. The van der Waals surface area contributed by atoms with Crippen molar-refractivity contribution in [3.63, 3.8) is 0 Å². The number of H-pyrrole nitrogens is 1. The first-order valence-corrected chi connectivity index (χ1v) is 9.99. The average molecular weight is 496 g/mol. The highest BCUT2D eigenvalue weighted by atomic mass is 35.5. The highest BCUT2D eigenvalue weighted by molar-refractivity contribution is 7.92. The highest BCUT2D eigenvalue weighted by Gasteiger charge is 2.46. The van der Waals surface area contributed by atoms with Crippen LogP contribution < -0.4 is 21.8 Å². The van der Waals surface area contributed by atoms with Crippen LogP contribution in [0.1, 0.15) is 0 Å². The Kier molecular flexibility index (Phi) is 6.28. The van der Waals surface area contributed by atoms with Crippen LogP contribution in [0.5, 0.6) is 11.5 Å². The van der Waals surface area contributed by atoms with Crippen molar-refractivity contribution < 1.29 is 22.5 Å². The second-order valence-corrected chi connectivity index (χ2v) is 8.22. The summed E-state index contributed by atoms with van der Waals surface area (Å²) in [4.78, 5) is 37.3. The minimum atomic E-state index is -4.90. The lowest BCUT2D eigenvalue weighted by Crippen LogP contribution is -2.47. The van der Waals surface area contributed by atoms with Crippen LogP contribution in [0, 0.1) is 0 Å². The second kappa shape index (κ2) is 8.46. The Morgan fingerprint density at radius 2 is 1.58 bits per heavy atom. The maximum atomic E-state index is 12.5. The van der Waals surface area contributed by atoms with Gasteiger partial charge in [0.1, 0.15) is 5.75 Å². The number of nitrogens with one attached hydrogen (secondary N) is 1. The van der Waals surface area contributed by atoms with Crippen molar-refractivity contribution >= 4 is 34.4 Å². The van der Waals surface area contributed by atoms with E-state index in [1.54, 1.807) is 0 Å². The van der Waals surface area contributed by atoms with Crippen molar-refractivity contribution in [1.82, 2.24) is 14.1 Å². The molecule has 0 aliphatic rings. The molecule has 0 radical (unpaired) electrons. The predicted molar refractivity (Wildman–Crippen MR) is 107 cm³/mol. The Hall–Kier alpha value is -2.67. The molecule has 2 aromatic carbocycles. The molecule has 8 nitrogen and oxygen atoms in total. The van der Waals surface area contributed by atoms with E-state index >= 15 is 0 Å². The van der Waals surface area contributed by atoms with Crippen LogP contribution in [0.4, 0.5) is 13.2 Å². The van der Waals surface area contributed by atoms with Gasteiger partial charge in [0.05, 0.1) is 26.9 Å². The highest BCUT2D eigenvalue weighted by Crippen LogP contribution is 2.38. The summed E-state index contributed by atoms with van der Waals surface area (Å²) in [6.07, 6.45) is 0. The second-order valence-electron chi connectivity index (χ2n) is 5.94. The quantitative estimate of drug-likeness (QED) is 0.559. The monoisotopic (exact) mass is 495 g/mol. The third-order valence-corrected chi connectivity index (χ3v) is 5.59. The van der Waals surface area contributed by atoms with Crippen LogP contribution in [-0.4, -0.2) is 24.2 Å². The molecular weight excluding hydrogens is 486 g/mol. The molecule has 0 saturated carbocycles. The molecule has 1 unspecified atom stereocenters. The molecule has 0 amide bonds. The van der Waals surface area contributed by atoms with E-state index in [1.165, 1.54) is 12.1 Å². The van der Waals surface area contributed by atoms with Gasteiger partial charge in [-0.25, -0.2) is 23.5 Å². The van der Waals surface area contributed by atoms with Gasteiger partial charge in [-0.3, -0.25) is 4.98 Å². The number of hydrogen-bond donors (Lipinski definition) is 1. The molecule has 31 heavy (non-hydrogen) atoms. The minimum absolute atomic E-state index is 0.0385. The molecule has 1 heterocycles. The largest absolute Gasteiger partial charge is 0.604 e. The van der Waals surface area contributed by atoms with E-state index < -0.39 is 38.6 Å². The van der Waals surface area contributed by atoms with E-state index in [1.807, 2.05) is 4.98 Å². The molecule has 164 valence electrons. The van der Waals surface area contributed by atoms with Crippen molar-refractivity contribution in [1.29, 1.82) is 0 Å². The van der Waals surface area contributed by atoms with Gasteiger partial charge < -0.3 is 9.29 Å². The van der Waals surface area contributed by atoms with E-state index in [-0.39, 0.29) is 27.2 Å². The van der Waals surface area contributed by atoms with Gasteiger partial charge in [-0.15, -0.1) is 13.2 Å². The molecular formula is C17H10Cl2F3N3O5S. The Morgan fingerprint density at radius 1 is 1.03 bits per heavy atom. The average Bonchev–Trinajstić information content (AvgIpc) is 2.68. The van der Waals surface area contributed by atoms with Crippen molar-refractivity contribution in [3.8, 4) is 17.2 Å². The third kappa shape index (κ3) is 4.66. The summed E-state index contributed by atoms with van der Waals surface area (Å²) < 4.78 is 55.7. The first-order valence-electron chi connectivity index (χ1n) is 8.08. The molecule has 0 fully saturated rings. The Morgan fingerprint density at radius 3 is 2.10 bits per heavy atom. The lowest BCUT2D eigenvalue weighted by molar-refractivity contribution is -0.0435. The molecule has 3 aromatic rings. The smallest absolute Gasteiger partial charge is 0.578 e. The summed E-state index contributed by atoms with van der Waals surface area (Å²) >= 11 is 9.10. The third-order valence-electron chi connectivity index (χ3n) is 3.91. The number of aromatic nitrogens is 3. The van der Waals surface area contributed by atoms with Crippen LogP contribution in [-0.2, 0) is 18.2 Å². The van der Waals surface area contributed by atoms with Gasteiger partial charge in [-0.05, 0) is 36.4 Å². The number of alkyl halides is 3. The van der Waals surface area contributed by atoms with Crippen LogP contribution in [0.15, 0.2) is 55.7 Å². The van der Waals surface area contributed by atoms with E-state index in [2.05, 4.69) is 0 Å². The van der Waals surface area contributed by atoms with Gasteiger partial charge in [0.25, 0.3) is 0 Å². The first kappa shape index (κ1) is 23.0. The van der Waals surface area contributed by atoms with Gasteiger partial charge in [-0.1, -0.05) is 23.2 Å². The van der Waals surface area contributed by atoms with Gasteiger partial charge in [0.15, 0.2) is 10.6 Å². The maximum absolute atomic E-state index is 12.5. The zero-order chi connectivity index (χ0) is 23.1. The van der Waals surface area contributed by atoms with Crippen molar-refractivity contribution in [2.45, 2.75) is 10.4 Å². The Labute approximate surface area is 183 Å². The normalized spacial score (nSPS) is 12.6. The summed E-state index contributed by atoms with van der Waals surface area (Å²) in [7, 11) is 1.16. The van der Waals surface area contributed by atoms with Crippen LogP contribution in [0.3, 0.4) is 0 Å². The van der Waals surface area contributed by atoms with Gasteiger partial charge in [0, 0.05) is 7.05 Å². The van der Waals surface area contributed by atoms with Crippen LogP contribution in [0.2, 0.25) is 10.0 Å². The number of ether oxygens (including phenoxy) is 1. The molecule has 0 spiro atoms. The minimum Gasteiger partial charge on any atom is -0.604 e. The fraction of sp³-hybridized carbons (Fsp3) is 0.118. The van der Waals surface area contributed by atoms with Gasteiger partial charge >= 0.3 is 22.6 Å². The number of benzene rings is 2. The van der Waals surface area contributed by atoms with Crippen molar-refractivity contribution in [3.05, 3.63) is 77.9 Å². The maximum Gasteiger partial charge on any atom is 0.578 e. The first-order chi connectivity index (χ1) is 14.4. The summed E-state index contributed by atoms with van der Waals surface area (Å²) in [5.41, 5.74) is -7.81. The molecule has 0 aliphatic heterocycles. The number of rotatable bonds is 4. The predicted octanol–water partition coefficient (Wildman–Crippen LogP) is 2.95. The number of hydrogen-bond acceptors (Lipinski definition) is 5. The van der Waals surface area contributed by atoms with E-state index in [0.29, 0.717) is 9.13 Å². The summed E-state index contributed by atoms with van der Waals surface area (Å²) in [6.45, 7) is 0. The molecule has 1 aromatic heterocycles. The molecule has 1 atom stereocenters. The fourth-order valence-corrected chi connectivity index (χ4v) is 3.64. The number of aromatic amines is 1. The molecule has 0 bridgehead atoms. The molecule has 14 heteroatoms. The Bertz CT molecular complexity index is 1300. The van der Waals surface area contributed by atoms with Crippen molar-refractivity contribution in [2.75, 3.05) is 0 Å². The van der Waals surface area contributed by atoms with E-state index in [0.717, 1.165) is 31.3 Å². The van der Waals surface area contributed by atoms with Gasteiger partial charge in [0.2, 0.25) is 0 Å². The van der Waals surface area contributed by atoms with Crippen LogP contribution in [0.25, 0.3) is 5.69 Å². The van der Waals surface area contributed by atoms with Gasteiger partial charge in [-0.2, -0.15) is 0 Å². The summed E-state index contributed by atoms with van der Waals surface area (Å²) in [5, 5.41) is -0.267. The van der Waals surface area contributed by atoms with E-state index in [4.69, 9.17) is 27.9 Å². The molecule has 3 rings (SSSR count). The number of nitrogens with zero attached hydrogens (tertiary/aromatic N) is 2. The van der Waals surface area contributed by atoms with E-state index in [9.17, 15) is 32.1 Å².